The fourth-order valence-corrected chi connectivity index (χ4v) is 2.28. The molecule has 2 N–H and O–H groups in total. The van der Waals surface area contributed by atoms with Crippen LogP contribution in [0.5, 0.6) is 0 Å². The maximum absolute atomic E-state index is 12.8. The minimum absolute atomic E-state index is 0.0201. The molecule has 9 heteroatoms. The highest BCUT2D eigenvalue weighted by Crippen LogP contribution is 2.31. The number of hydrogen-bond donors (Lipinski definition) is 2. The molecule has 0 unspecified atom stereocenters. The smallest absolute Gasteiger partial charge is 0.411 e. The van der Waals surface area contributed by atoms with E-state index in [1.807, 2.05) is 0 Å². The van der Waals surface area contributed by atoms with Gasteiger partial charge < -0.3 is 10.5 Å². The van der Waals surface area contributed by atoms with Crippen LogP contribution in [0, 0.1) is 0 Å². The molecular weight excluding hydrogens is 337 g/mol. The molecule has 3 aromatic rings. The van der Waals surface area contributed by atoms with Crippen molar-refractivity contribution >= 4 is 23.4 Å². The van der Waals surface area contributed by atoms with Gasteiger partial charge in [-0.25, -0.2) is 4.98 Å². The van der Waals surface area contributed by atoms with E-state index in [9.17, 15) is 18.0 Å². The first-order chi connectivity index (χ1) is 11.9. The van der Waals surface area contributed by atoms with Gasteiger partial charge in [-0.3, -0.25) is 9.20 Å². The van der Waals surface area contributed by atoms with Crippen molar-refractivity contribution in [3.05, 3.63) is 70.1 Å². The van der Waals surface area contributed by atoms with Crippen molar-refractivity contribution in [3.63, 3.8) is 0 Å². The lowest BCUT2D eigenvalue weighted by molar-refractivity contribution is -0.137. The maximum Gasteiger partial charge on any atom is 0.416 e. The fraction of sp³-hybridized carbons (Fsp3) is 0.0625. The van der Waals surface area contributed by atoms with Crippen molar-refractivity contribution in [2.24, 2.45) is 5.16 Å². The van der Waals surface area contributed by atoms with Crippen LogP contribution < -0.4 is 10.9 Å². The first-order valence-corrected chi connectivity index (χ1v) is 7.03. The Balaban J connectivity index is 2.13. The Labute approximate surface area is 138 Å². The van der Waals surface area contributed by atoms with Gasteiger partial charge in [0.2, 0.25) is 0 Å². The highest BCUT2D eigenvalue weighted by atomic mass is 19.4. The summed E-state index contributed by atoms with van der Waals surface area (Å²) >= 11 is 0. The van der Waals surface area contributed by atoms with Crippen LogP contribution in [0.1, 0.15) is 11.1 Å². The summed E-state index contributed by atoms with van der Waals surface area (Å²) in [6, 6.07) is 9.32. The summed E-state index contributed by atoms with van der Waals surface area (Å²) < 4.78 is 39.7. The summed E-state index contributed by atoms with van der Waals surface area (Å²) in [5.41, 5.74) is -1.08. The molecule has 1 aromatic carbocycles. The summed E-state index contributed by atoms with van der Waals surface area (Å²) in [5.74, 6) is -0.0201. The Morgan fingerprint density at radius 3 is 2.72 bits per heavy atom. The third-order valence-corrected chi connectivity index (χ3v) is 3.41. The topological polar surface area (TPSA) is 79.0 Å². The molecule has 0 saturated carbocycles. The molecule has 0 saturated heterocycles. The molecule has 2 aromatic heterocycles. The number of anilines is 2. The summed E-state index contributed by atoms with van der Waals surface area (Å²) in [7, 11) is 0. The van der Waals surface area contributed by atoms with Gasteiger partial charge in [-0.05, 0) is 30.3 Å². The average Bonchev–Trinajstić information content (AvgIpc) is 2.58. The van der Waals surface area contributed by atoms with Gasteiger partial charge in [0, 0.05) is 11.9 Å². The molecule has 0 aliphatic heterocycles. The molecular formula is C16H11F3N4O2. The van der Waals surface area contributed by atoms with E-state index >= 15 is 0 Å². The molecule has 0 spiro atoms. The van der Waals surface area contributed by atoms with Gasteiger partial charge in [0.1, 0.15) is 17.0 Å². The maximum atomic E-state index is 12.8. The summed E-state index contributed by atoms with van der Waals surface area (Å²) in [5, 5.41) is 14.3. The zero-order valence-electron chi connectivity index (χ0n) is 12.5. The number of benzene rings is 1. The van der Waals surface area contributed by atoms with Gasteiger partial charge in [-0.2, -0.15) is 13.2 Å². The molecule has 0 aliphatic carbocycles. The van der Waals surface area contributed by atoms with E-state index in [0.717, 1.165) is 18.3 Å². The third kappa shape index (κ3) is 3.30. The lowest BCUT2D eigenvalue weighted by atomic mass is 10.2. The molecule has 25 heavy (non-hydrogen) atoms. The predicted molar refractivity (Wildman–Crippen MR) is 85.6 cm³/mol. The van der Waals surface area contributed by atoms with Gasteiger partial charge >= 0.3 is 6.18 Å². The average molecular weight is 348 g/mol. The van der Waals surface area contributed by atoms with E-state index in [0.29, 0.717) is 0 Å². The molecule has 0 fully saturated rings. The number of fused-ring (bicyclic) bond motifs is 1. The number of oxime groups is 1. The quantitative estimate of drug-likeness (QED) is 0.433. The fourth-order valence-electron chi connectivity index (χ4n) is 2.28. The van der Waals surface area contributed by atoms with Crippen LogP contribution >= 0.6 is 0 Å². The Bertz CT molecular complexity index is 1010. The second-order valence-corrected chi connectivity index (χ2v) is 5.06. The number of alkyl halides is 3. The van der Waals surface area contributed by atoms with Gasteiger partial charge in [0.15, 0.2) is 0 Å². The molecule has 0 amide bonds. The normalized spacial score (nSPS) is 12.0. The summed E-state index contributed by atoms with van der Waals surface area (Å²) in [6.45, 7) is 0. The van der Waals surface area contributed by atoms with E-state index in [1.165, 1.54) is 22.7 Å². The zero-order chi connectivity index (χ0) is 18.0. The largest absolute Gasteiger partial charge is 0.416 e. The number of rotatable bonds is 3. The van der Waals surface area contributed by atoms with E-state index < -0.39 is 17.3 Å². The van der Waals surface area contributed by atoms with Crippen molar-refractivity contribution in [2.75, 3.05) is 5.32 Å². The number of aromatic nitrogens is 2. The molecule has 0 bridgehead atoms. The second kappa shape index (κ2) is 6.27. The lowest BCUT2D eigenvalue weighted by Crippen LogP contribution is -2.21. The van der Waals surface area contributed by atoms with Crippen molar-refractivity contribution in [1.82, 2.24) is 9.38 Å². The second-order valence-electron chi connectivity index (χ2n) is 5.06. The van der Waals surface area contributed by atoms with Crippen LogP contribution in [0.4, 0.5) is 24.7 Å². The minimum Gasteiger partial charge on any atom is -0.411 e. The number of hydrogen-bond acceptors (Lipinski definition) is 5. The molecule has 0 aliphatic rings. The summed E-state index contributed by atoms with van der Waals surface area (Å²) in [4.78, 5) is 16.7. The van der Waals surface area contributed by atoms with Crippen molar-refractivity contribution < 1.29 is 18.4 Å². The minimum atomic E-state index is -4.50. The van der Waals surface area contributed by atoms with Crippen LogP contribution in [0.3, 0.4) is 0 Å². The molecule has 0 atom stereocenters. The van der Waals surface area contributed by atoms with Gasteiger partial charge in [0.05, 0.1) is 11.8 Å². The van der Waals surface area contributed by atoms with Gasteiger partial charge in [-0.15, -0.1) is 0 Å². The number of nitrogens with zero attached hydrogens (tertiary/aromatic N) is 3. The predicted octanol–water partition coefficient (Wildman–Crippen LogP) is 3.27. The molecule has 3 rings (SSSR count). The van der Waals surface area contributed by atoms with E-state index in [4.69, 9.17) is 5.21 Å². The van der Waals surface area contributed by atoms with Crippen molar-refractivity contribution in [3.8, 4) is 0 Å². The number of pyridine rings is 1. The first kappa shape index (κ1) is 16.5. The van der Waals surface area contributed by atoms with E-state index in [2.05, 4.69) is 15.5 Å². The third-order valence-electron chi connectivity index (χ3n) is 3.41. The van der Waals surface area contributed by atoms with Crippen molar-refractivity contribution in [2.45, 2.75) is 6.18 Å². The Hall–Kier alpha value is -3.36. The summed E-state index contributed by atoms with van der Waals surface area (Å²) in [6.07, 6.45) is -2.14. The van der Waals surface area contributed by atoms with Crippen LogP contribution in [0.2, 0.25) is 0 Å². The zero-order valence-corrected chi connectivity index (χ0v) is 12.5. The SMILES string of the molecule is O=c1c(/C=N/O)c(Nc2cccc(C(F)(F)F)c2)nc2ccccn12. The molecule has 2 heterocycles. The monoisotopic (exact) mass is 348 g/mol. The highest BCUT2D eigenvalue weighted by Gasteiger charge is 2.30. The van der Waals surface area contributed by atoms with Crippen molar-refractivity contribution in [1.29, 1.82) is 0 Å². The molecule has 6 nitrogen and oxygen atoms in total. The van der Waals surface area contributed by atoms with Crippen LogP contribution in [0.25, 0.3) is 5.65 Å². The molecule has 0 radical (unpaired) electrons. The molecule has 128 valence electrons. The van der Waals surface area contributed by atoms with Gasteiger partial charge in [0.25, 0.3) is 5.56 Å². The van der Waals surface area contributed by atoms with Crippen LogP contribution in [-0.2, 0) is 6.18 Å². The van der Waals surface area contributed by atoms with Gasteiger partial charge in [-0.1, -0.05) is 17.3 Å². The number of halogens is 3. The Morgan fingerprint density at radius 2 is 2.00 bits per heavy atom. The lowest BCUT2D eigenvalue weighted by Gasteiger charge is -2.12. The first-order valence-electron chi connectivity index (χ1n) is 7.03. The number of nitrogens with one attached hydrogen (secondary N) is 1. The Morgan fingerprint density at radius 1 is 1.20 bits per heavy atom. The van der Waals surface area contributed by atoms with E-state index in [1.54, 1.807) is 18.2 Å². The van der Waals surface area contributed by atoms with Crippen LogP contribution in [0.15, 0.2) is 58.6 Å². The highest BCUT2D eigenvalue weighted by molar-refractivity contribution is 5.87. The Kier molecular flexibility index (Phi) is 4.14. The standard InChI is InChI=1S/C16H11F3N4O2/c17-16(18,19)10-4-3-5-11(8-10)21-14-12(9-20-25)15(24)23-7-2-1-6-13(23)22-14/h1-9,21,25H/b20-9+. The van der Waals surface area contributed by atoms with E-state index in [-0.39, 0.29) is 22.7 Å². The van der Waals surface area contributed by atoms with Crippen LogP contribution in [-0.4, -0.2) is 20.8 Å².